The molecule has 0 aliphatic rings. The highest BCUT2D eigenvalue weighted by Crippen LogP contribution is 2.35. The van der Waals surface area contributed by atoms with Crippen LogP contribution < -0.4 is 0 Å². The van der Waals surface area contributed by atoms with E-state index >= 15 is 0 Å². The summed E-state index contributed by atoms with van der Waals surface area (Å²) in [6, 6.07) is 19.8. The van der Waals surface area contributed by atoms with Gasteiger partial charge in [0.05, 0.1) is 23.1 Å². The van der Waals surface area contributed by atoms with Gasteiger partial charge in [-0.05, 0) is 59.6 Å². The number of para-hydroxylation sites is 2. The summed E-state index contributed by atoms with van der Waals surface area (Å²) in [5, 5.41) is 0.761. The van der Waals surface area contributed by atoms with Gasteiger partial charge in [0, 0.05) is 9.50 Å². The van der Waals surface area contributed by atoms with Crippen molar-refractivity contribution in [2.45, 2.75) is 52.9 Å². The molecular weight excluding hydrogens is 392 g/mol. The van der Waals surface area contributed by atoms with Crippen LogP contribution in [0.15, 0.2) is 71.3 Å². The van der Waals surface area contributed by atoms with Crippen LogP contribution in [0.5, 0.6) is 0 Å². The Kier molecular flexibility index (Phi) is 4.30. The number of aryl methyl sites for hydroxylation is 1. The monoisotopic (exact) mass is 425 g/mol. The maximum Gasteiger partial charge on any atom is 0.145 e. The molecule has 5 rings (SSSR count). The molecule has 0 aliphatic heterocycles. The molecule has 2 aromatic heterocycles. The molecule has 0 saturated carbocycles. The van der Waals surface area contributed by atoms with Crippen molar-refractivity contribution in [1.29, 1.82) is 0 Å². The van der Waals surface area contributed by atoms with Gasteiger partial charge in [-0.15, -0.1) is 0 Å². The van der Waals surface area contributed by atoms with Gasteiger partial charge in [-0.2, -0.15) is 0 Å². The third-order valence-corrected chi connectivity index (χ3v) is 6.28. The van der Waals surface area contributed by atoms with Gasteiger partial charge in [-0.1, -0.05) is 69.7 Å². The highest BCUT2D eigenvalue weighted by molar-refractivity contribution is 5.94. The second kappa shape index (κ2) is 7.98. The second-order valence-electron chi connectivity index (χ2n) is 9.10. The second-order valence-corrected chi connectivity index (χ2v) is 9.10. The fourth-order valence-electron chi connectivity index (χ4n) is 4.69. The quantitative estimate of drug-likeness (QED) is 0.285. The van der Waals surface area contributed by atoms with Gasteiger partial charge in [0.1, 0.15) is 17.7 Å². The van der Waals surface area contributed by atoms with E-state index in [0.717, 1.165) is 27.8 Å². The number of hydrogen-bond donors (Lipinski definition) is 0. The lowest BCUT2D eigenvalue weighted by atomic mass is 9.88. The van der Waals surface area contributed by atoms with Gasteiger partial charge in [0.15, 0.2) is 0 Å². The lowest BCUT2D eigenvalue weighted by molar-refractivity contribution is 0.616. The van der Waals surface area contributed by atoms with Gasteiger partial charge in [0.2, 0.25) is 0 Å². The Morgan fingerprint density at radius 1 is 0.938 bits per heavy atom. The minimum atomic E-state index is -2.19. The molecule has 3 nitrogen and oxygen atoms in total. The third kappa shape index (κ3) is 3.42. The van der Waals surface area contributed by atoms with Crippen molar-refractivity contribution in [1.82, 2.24) is 9.55 Å². The highest BCUT2D eigenvalue weighted by atomic mass is 16.3. The largest absolute Gasteiger partial charge is 0.464 e. The first-order chi connectivity index (χ1) is 16.6. The summed E-state index contributed by atoms with van der Waals surface area (Å²) < 4.78 is 31.7. The molecule has 0 amide bonds. The Labute approximate surface area is 193 Å². The summed E-state index contributed by atoms with van der Waals surface area (Å²) in [5.74, 6) is 1.55. The van der Waals surface area contributed by atoms with E-state index in [4.69, 9.17) is 13.5 Å². The van der Waals surface area contributed by atoms with Crippen LogP contribution in [0.3, 0.4) is 0 Å². The Hall–Kier alpha value is -3.33. The first kappa shape index (κ1) is 17.3. The molecule has 0 atom stereocenters. The van der Waals surface area contributed by atoms with Gasteiger partial charge in [0.25, 0.3) is 0 Å². The number of fused-ring (bicyclic) bond motifs is 2. The third-order valence-electron chi connectivity index (χ3n) is 6.28. The molecule has 162 valence electrons. The number of aromatic nitrogens is 2. The van der Waals surface area contributed by atoms with Gasteiger partial charge in [-0.25, -0.2) is 4.98 Å². The summed E-state index contributed by atoms with van der Waals surface area (Å²) in [6.45, 7) is 7.41. The molecule has 0 unspecified atom stereocenters. The first-order valence-electron chi connectivity index (χ1n) is 12.7. The first-order valence-corrected chi connectivity index (χ1v) is 11.2. The SMILES string of the molecule is [2H]C([2H])([2H])c1ccc2occ(-c3nc4ccccc4n3Cc3c(C(C)C)cccc3C(C)C)c2c1. The summed E-state index contributed by atoms with van der Waals surface area (Å²) >= 11 is 0. The molecule has 0 aliphatic carbocycles. The Balaban J connectivity index is 1.76. The van der Waals surface area contributed by atoms with Crippen LogP contribution in [0, 0.1) is 6.85 Å². The molecule has 3 heteroatoms. The molecule has 0 radical (unpaired) electrons. The van der Waals surface area contributed by atoms with Crippen LogP contribution in [0.2, 0.25) is 0 Å². The van der Waals surface area contributed by atoms with E-state index in [1.165, 1.54) is 16.7 Å². The Bertz CT molecular complexity index is 1500. The van der Waals surface area contributed by atoms with Gasteiger partial charge >= 0.3 is 0 Å². The topological polar surface area (TPSA) is 31.0 Å². The molecule has 0 spiro atoms. The van der Waals surface area contributed by atoms with Crippen LogP contribution in [-0.4, -0.2) is 9.55 Å². The van der Waals surface area contributed by atoms with E-state index in [1.54, 1.807) is 24.5 Å². The molecule has 5 aromatic rings. The van der Waals surface area contributed by atoms with Crippen LogP contribution in [0.25, 0.3) is 33.4 Å². The lowest BCUT2D eigenvalue weighted by Gasteiger charge is -2.21. The van der Waals surface area contributed by atoms with Gasteiger partial charge < -0.3 is 8.98 Å². The van der Waals surface area contributed by atoms with Crippen molar-refractivity contribution in [3.63, 3.8) is 0 Å². The molecule has 0 fully saturated rings. The number of hydrogen-bond acceptors (Lipinski definition) is 2. The number of rotatable bonds is 5. The number of nitrogens with zero attached hydrogens (tertiary/aromatic N) is 2. The smallest absolute Gasteiger partial charge is 0.145 e. The lowest BCUT2D eigenvalue weighted by Crippen LogP contribution is -2.10. The van der Waals surface area contributed by atoms with Crippen molar-refractivity contribution in [3.8, 4) is 11.4 Å². The zero-order valence-corrected chi connectivity index (χ0v) is 19.0. The maximum absolute atomic E-state index is 7.86. The van der Waals surface area contributed by atoms with Crippen molar-refractivity contribution in [2.75, 3.05) is 0 Å². The van der Waals surface area contributed by atoms with E-state index in [9.17, 15) is 0 Å². The summed E-state index contributed by atoms with van der Waals surface area (Å²) in [4.78, 5) is 5.00. The van der Waals surface area contributed by atoms with Crippen LogP contribution in [0.4, 0.5) is 0 Å². The number of benzene rings is 3. The zero-order chi connectivity index (χ0) is 24.9. The zero-order valence-electron chi connectivity index (χ0n) is 22.0. The van der Waals surface area contributed by atoms with E-state index in [2.05, 4.69) is 56.5 Å². The van der Waals surface area contributed by atoms with E-state index in [0.29, 0.717) is 29.5 Å². The molecule has 0 saturated heterocycles. The van der Waals surface area contributed by atoms with Crippen LogP contribution >= 0.6 is 0 Å². The van der Waals surface area contributed by atoms with E-state index in [1.807, 2.05) is 18.2 Å². The summed E-state index contributed by atoms with van der Waals surface area (Å²) in [7, 11) is 0. The van der Waals surface area contributed by atoms with E-state index < -0.39 is 6.85 Å². The van der Waals surface area contributed by atoms with Crippen molar-refractivity contribution in [3.05, 3.63) is 89.2 Å². The molecule has 32 heavy (non-hydrogen) atoms. The van der Waals surface area contributed by atoms with Crippen LogP contribution in [-0.2, 0) is 6.54 Å². The Morgan fingerprint density at radius 3 is 2.41 bits per heavy atom. The van der Waals surface area contributed by atoms with Crippen molar-refractivity contribution < 1.29 is 8.53 Å². The molecule has 2 heterocycles. The average Bonchev–Trinajstić information content (AvgIpc) is 3.39. The predicted molar refractivity (Wildman–Crippen MR) is 133 cm³/mol. The number of furan rings is 1. The molecule has 0 bridgehead atoms. The molecule has 0 N–H and O–H groups in total. The summed E-state index contributed by atoms with van der Waals surface area (Å²) in [5.41, 5.74) is 7.67. The van der Waals surface area contributed by atoms with Crippen molar-refractivity contribution >= 4 is 22.0 Å². The fourth-order valence-corrected chi connectivity index (χ4v) is 4.69. The molecule has 3 aromatic carbocycles. The minimum absolute atomic E-state index is 0.294. The van der Waals surface area contributed by atoms with Crippen LogP contribution in [0.1, 0.15) is 65.9 Å². The van der Waals surface area contributed by atoms with E-state index in [-0.39, 0.29) is 0 Å². The summed E-state index contributed by atoms with van der Waals surface area (Å²) in [6.07, 6.45) is 1.70. The highest BCUT2D eigenvalue weighted by Gasteiger charge is 2.20. The predicted octanol–water partition coefficient (Wildman–Crippen LogP) is 8.05. The molecular formula is C29H30N2O. The van der Waals surface area contributed by atoms with Crippen molar-refractivity contribution in [2.24, 2.45) is 0 Å². The van der Waals surface area contributed by atoms with Gasteiger partial charge in [-0.3, -0.25) is 0 Å². The Morgan fingerprint density at radius 2 is 1.69 bits per heavy atom. The maximum atomic E-state index is 7.86. The normalized spacial score (nSPS) is 13.8. The standard InChI is InChI=1S/C29H30N2O/c1-18(2)21-9-8-10-22(19(3)4)24(21)16-31-27-12-7-6-11-26(27)30-29(31)25-17-32-28-14-13-20(5)15-23(25)28/h6-15,17-19H,16H2,1-5H3/i5D3. The minimum Gasteiger partial charge on any atom is -0.464 e. The fraction of sp³-hybridized carbons (Fsp3) is 0.276. The number of imidazole rings is 1. The average molecular weight is 426 g/mol.